The number of amides is 1. The fourth-order valence-corrected chi connectivity index (χ4v) is 4.83. The van der Waals surface area contributed by atoms with E-state index >= 15 is 0 Å². The molecule has 3 heterocycles. The Labute approximate surface area is 155 Å². The summed E-state index contributed by atoms with van der Waals surface area (Å²) in [5.74, 6) is 0.361. The zero-order valence-corrected chi connectivity index (χ0v) is 15.2. The van der Waals surface area contributed by atoms with Crippen LogP contribution in [0.2, 0.25) is 0 Å². The second-order valence-electron chi connectivity index (χ2n) is 6.36. The maximum absolute atomic E-state index is 13.0. The van der Waals surface area contributed by atoms with E-state index in [1.165, 1.54) is 10.4 Å². The Bertz CT molecular complexity index is 1040. The van der Waals surface area contributed by atoms with Gasteiger partial charge in [-0.3, -0.25) is 4.79 Å². The van der Waals surface area contributed by atoms with Gasteiger partial charge in [0.15, 0.2) is 5.52 Å². The van der Waals surface area contributed by atoms with Gasteiger partial charge < -0.3 is 9.73 Å². The molecule has 27 heavy (non-hydrogen) atoms. The van der Waals surface area contributed by atoms with Crippen LogP contribution in [-0.2, 0) is 21.4 Å². The molecule has 1 aromatic carbocycles. The van der Waals surface area contributed by atoms with Gasteiger partial charge in [-0.05, 0) is 47.4 Å². The molecule has 1 fully saturated rings. The lowest BCUT2D eigenvalue weighted by molar-refractivity contribution is -0.126. The monoisotopic (exact) mass is 390 g/mol. The normalized spacial score (nSPS) is 16.6. The molecule has 1 aliphatic rings. The van der Waals surface area contributed by atoms with Gasteiger partial charge in [0.05, 0.1) is 12.8 Å². The van der Waals surface area contributed by atoms with E-state index in [0.717, 1.165) is 0 Å². The maximum Gasteiger partial charge on any atom is 0.245 e. The molecule has 10 heteroatoms. The second-order valence-corrected chi connectivity index (χ2v) is 8.27. The first kappa shape index (κ1) is 17.7. The van der Waals surface area contributed by atoms with E-state index in [-0.39, 0.29) is 35.3 Å². The van der Waals surface area contributed by atoms with Crippen LogP contribution in [0.3, 0.4) is 0 Å². The van der Waals surface area contributed by atoms with Gasteiger partial charge in [0.2, 0.25) is 15.9 Å². The number of hydrogen-bond acceptors (Lipinski definition) is 7. The number of rotatable bonds is 5. The highest BCUT2D eigenvalue weighted by Gasteiger charge is 2.33. The lowest BCUT2D eigenvalue weighted by Crippen LogP contribution is -2.42. The van der Waals surface area contributed by atoms with Gasteiger partial charge in [-0.25, -0.2) is 13.0 Å². The zero-order valence-electron chi connectivity index (χ0n) is 14.4. The Balaban J connectivity index is 1.41. The Kier molecular flexibility index (Phi) is 4.66. The Morgan fingerprint density at radius 1 is 1.19 bits per heavy atom. The SMILES string of the molecule is O=C(NCc1ccco1)C1CCN(S(=O)(=O)c2cccc3nonc23)CC1. The Hall–Kier alpha value is -2.72. The number of fused-ring (bicyclic) bond motifs is 1. The molecule has 4 rings (SSSR count). The Morgan fingerprint density at radius 3 is 2.74 bits per heavy atom. The van der Waals surface area contributed by atoms with Gasteiger partial charge in [-0.15, -0.1) is 0 Å². The summed E-state index contributed by atoms with van der Waals surface area (Å²) in [6, 6.07) is 8.28. The first-order valence-corrected chi connectivity index (χ1v) is 10.0. The Morgan fingerprint density at radius 2 is 2.00 bits per heavy atom. The van der Waals surface area contributed by atoms with E-state index in [1.54, 1.807) is 30.5 Å². The predicted octanol–water partition coefficient (Wildman–Crippen LogP) is 1.53. The summed E-state index contributed by atoms with van der Waals surface area (Å²) in [7, 11) is -3.73. The molecule has 0 aliphatic carbocycles. The van der Waals surface area contributed by atoms with Crippen molar-refractivity contribution in [1.82, 2.24) is 19.9 Å². The lowest BCUT2D eigenvalue weighted by Gasteiger charge is -2.30. The van der Waals surface area contributed by atoms with Crippen molar-refractivity contribution in [1.29, 1.82) is 0 Å². The van der Waals surface area contributed by atoms with Crippen molar-refractivity contribution in [2.45, 2.75) is 24.3 Å². The number of hydrogen-bond donors (Lipinski definition) is 1. The zero-order chi connectivity index (χ0) is 18.9. The van der Waals surface area contributed by atoms with Crippen molar-refractivity contribution >= 4 is 27.0 Å². The minimum absolute atomic E-state index is 0.0713. The van der Waals surface area contributed by atoms with Gasteiger partial charge in [0.25, 0.3) is 0 Å². The largest absolute Gasteiger partial charge is 0.467 e. The highest BCUT2D eigenvalue weighted by molar-refractivity contribution is 7.89. The summed E-state index contributed by atoms with van der Waals surface area (Å²) < 4.78 is 37.1. The molecular weight excluding hydrogens is 372 g/mol. The van der Waals surface area contributed by atoms with Crippen LogP contribution in [0.5, 0.6) is 0 Å². The highest BCUT2D eigenvalue weighted by atomic mass is 32.2. The van der Waals surface area contributed by atoms with Crippen molar-refractivity contribution < 1.29 is 22.3 Å². The lowest BCUT2D eigenvalue weighted by atomic mass is 9.97. The first-order valence-electron chi connectivity index (χ1n) is 8.57. The third-order valence-corrected chi connectivity index (χ3v) is 6.64. The summed E-state index contributed by atoms with van der Waals surface area (Å²) in [6.07, 6.45) is 2.46. The molecule has 142 valence electrons. The van der Waals surface area contributed by atoms with Crippen LogP contribution in [-0.4, -0.2) is 42.0 Å². The van der Waals surface area contributed by atoms with E-state index in [1.807, 2.05) is 0 Å². The topological polar surface area (TPSA) is 119 Å². The molecule has 1 saturated heterocycles. The van der Waals surface area contributed by atoms with Gasteiger partial charge in [-0.2, -0.15) is 4.31 Å². The fourth-order valence-electron chi connectivity index (χ4n) is 3.22. The van der Waals surface area contributed by atoms with Crippen molar-refractivity contribution in [2.75, 3.05) is 13.1 Å². The molecule has 0 atom stereocenters. The highest BCUT2D eigenvalue weighted by Crippen LogP contribution is 2.27. The summed E-state index contributed by atoms with van der Waals surface area (Å²) in [5, 5.41) is 10.2. The van der Waals surface area contributed by atoms with E-state index in [4.69, 9.17) is 4.42 Å². The van der Waals surface area contributed by atoms with Crippen LogP contribution in [0.15, 0.2) is 50.5 Å². The third-order valence-electron chi connectivity index (χ3n) is 4.71. The molecule has 0 saturated carbocycles. The van der Waals surface area contributed by atoms with E-state index in [9.17, 15) is 13.2 Å². The second kappa shape index (κ2) is 7.12. The number of nitrogens with one attached hydrogen (secondary N) is 1. The van der Waals surface area contributed by atoms with Gasteiger partial charge in [0, 0.05) is 19.0 Å². The molecule has 1 amide bonds. The molecule has 0 unspecified atom stereocenters. The van der Waals surface area contributed by atoms with Gasteiger partial charge >= 0.3 is 0 Å². The van der Waals surface area contributed by atoms with E-state index in [0.29, 0.717) is 30.7 Å². The smallest absolute Gasteiger partial charge is 0.245 e. The van der Waals surface area contributed by atoms with Crippen LogP contribution in [0, 0.1) is 5.92 Å². The molecule has 3 aromatic rings. The standard InChI is InChI=1S/C17H18N4O5S/c22-17(18-11-13-3-2-10-25-13)12-6-8-21(9-7-12)27(23,24)15-5-1-4-14-16(15)20-26-19-14/h1-5,10,12H,6-9,11H2,(H,18,22). The number of aromatic nitrogens is 2. The molecule has 0 radical (unpaired) electrons. The first-order chi connectivity index (χ1) is 13.1. The minimum Gasteiger partial charge on any atom is -0.467 e. The average molecular weight is 390 g/mol. The van der Waals surface area contributed by atoms with Crippen LogP contribution < -0.4 is 5.32 Å². The van der Waals surface area contributed by atoms with Gasteiger partial charge in [-0.1, -0.05) is 6.07 Å². The molecular formula is C17H18N4O5S. The van der Waals surface area contributed by atoms with Gasteiger partial charge in [0.1, 0.15) is 16.2 Å². The van der Waals surface area contributed by atoms with E-state index in [2.05, 4.69) is 20.3 Å². The van der Waals surface area contributed by atoms with Crippen LogP contribution in [0.4, 0.5) is 0 Å². The fraction of sp³-hybridized carbons (Fsp3) is 0.353. The molecule has 2 aromatic heterocycles. The molecule has 1 N–H and O–H groups in total. The molecule has 9 nitrogen and oxygen atoms in total. The summed E-state index contributed by atoms with van der Waals surface area (Å²) in [6.45, 7) is 0.858. The third kappa shape index (κ3) is 3.45. The van der Waals surface area contributed by atoms with Crippen LogP contribution in [0.1, 0.15) is 18.6 Å². The number of furan rings is 1. The quantitative estimate of drug-likeness (QED) is 0.702. The van der Waals surface area contributed by atoms with Crippen LogP contribution in [0.25, 0.3) is 11.0 Å². The summed E-state index contributed by atoms with van der Waals surface area (Å²) in [5.41, 5.74) is 0.610. The van der Waals surface area contributed by atoms with E-state index < -0.39 is 10.0 Å². The van der Waals surface area contributed by atoms with Crippen molar-refractivity contribution in [3.05, 3.63) is 42.4 Å². The molecule has 1 aliphatic heterocycles. The summed E-state index contributed by atoms with van der Waals surface area (Å²) >= 11 is 0. The number of benzene rings is 1. The number of carbonyl (C=O) groups excluding carboxylic acids is 1. The van der Waals surface area contributed by atoms with Crippen molar-refractivity contribution in [2.24, 2.45) is 5.92 Å². The number of carbonyl (C=O) groups is 1. The number of piperidine rings is 1. The minimum atomic E-state index is -3.73. The average Bonchev–Trinajstić information content (AvgIpc) is 3.37. The van der Waals surface area contributed by atoms with Crippen LogP contribution >= 0.6 is 0 Å². The van der Waals surface area contributed by atoms with Crippen molar-refractivity contribution in [3.8, 4) is 0 Å². The number of sulfonamides is 1. The van der Waals surface area contributed by atoms with Crippen molar-refractivity contribution in [3.63, 3.8) is 0 Å². The molecule has 0 bridgehead atoms. The maximum atomic E-state index is 13.0. The molecule has 0 spiro atoms. The number of nitrogens with zero attached hydrogens (tertiary/aromatic N) is 3. The predicted molar refractivity (Wildman–Crippen MR) is 93.8 cm³/mol. The summed E-state index contributed by atoms with van der Waals surface area (Å²) in [4.78, 5) is 12.4.